The van der Waals surface area contributed by atoms with E-state index in [-0.39, 0.29) is 5.28 Å². The zero-order valence-electron chi connectivity index (χ0n) is 11.3. The predicted molar refractivity (Wildman–Crippen MR) is 85.7 cm³/mol. The molecule has 0 amide bonds. The third kappa shape index (κ3) is 2.62. The summed E-state index contributed by atoms with van der Waals surface area (Å²) in [5.74, 6) is 0.799. The van der Waals surface area contributed by atoms with E-state index in [4.69, 9.17) is 11.6 Å². The SMILES string of the molecule is Cc1cc2c(NCc3ccccc3C)nc(Cl)nc2s1. The van der Waals surface area contributed by atoms with Crippen molar-refractivity contribution in [2.45, 2.75) is 20.4 Å². The number of hydrogen-bond acceptors (Lipinski definition) is 4. The van der Waals surface area contributed by atoms with Gasteiger partial charge in [0.1, 0.15) is 10.6 Å². The quantitative estimate of drug-likeness (QED) is 0.720. The number of benzene rings is 1. The first-order valence-electron chi connectivity index (χ1n) is 6.35. The summed E-state index contributed by atoms with van der Waals surface area (Å²) in [6.07, 6.45) is 0. The second kappa shape index (κ2) is 5.38. The minimum Gasteiger partial charge on any atom is -0.365 e. The van der Waals surface area contributed by atoms with Crippen molar-refractivity contribution in [3.63, 3.8) is 0 Å². The topological polar surface area (TPSA) is 37.8 Å². The Labute approximate surface area is 126 Å². The molecule has 0 aliphatic carbocycles. The van der Waals surface area contributed by atoms with Crippen LogP contribution in [0.5, 0.6) is 0 Å². The molecule has 0 spiro atoms. The smallest absolute Gasteiger partial charge is 0.225 e. The summed E-state index contributed by atoms with van der Waals surface area (Å²) in [7, 11) is 0. The summed E-state index contributed by atoms with van der Waals surface area (Å²) < 4.78 is 0. The molecule has 102 valence electrons. The second-order valence-electron chi connectivity index (χ2n) is 4.70. The molecule has 1 N–H and O–H groups in total. The highest BCUT2D eigenvalue weighted by Crippen LogP contribution is 2.29. The highest BCUT2D eigenvalue weighted by Gasteiger charge is 2.09. The van der Waals surface area contributed by atoms with Gasteiger partial charge in [-0.2, -0.15) is 0 Å². The minimum absolute atomic E-state index is 0.284. The average Bonchev–Trinajstić information content (AvgIpc) is 2.77. The van der Waals surface area contributed by atoms with Gasteiger partial charge in [0.2, 0.25) is 5.28 Å². The average molecular weight is 304 g/mol. The maximum Gasteiger partial charge on any atom is 0.225 e. The van der Waals surface area contributed by atoms with E-state index in [9.17, 15) is 0 Å². The van der Waals surface area contributed by atoms with Crippen LogP contribution in [0.1, 0.15) is 16.0 Å². The number of anilines is 1. The molecule has 3 aromatic rings. The molecule has 0 saturated heterocycles. The van der Waals surface area contributed by atoms with Gasteiger partial charge in [0.25, 0.3) is 0 Å². The highest BCUT2D eigenvalue weighted by molar-refractivity contribution is 7.18. The van der Waals surface area contributed by atoms with Crippen molar-refractivity contribution in [2.24, 2.45) is 0 Å². The van der Waals surface area contributed by atoms with Crippen molar-refractivity contribution in [1.29, 1.82) is 0 Å². The first-order chi connectivity index (χ1) is 9.63. The Kier molecular flexibility index (Phi) is 3.59. The van der Waals surface area contributed by atoms with Crippen LogP contribution in [0.3, 0.4) is 0 Å². The van der Waals surface area contributed by atoms with Gasteiger partial charge in [-0.05, 0) is 42.6 Å². The van der Waals surface area contributed by atoms with E-state index in [1.54, 1.807) is 11.3 Å². The highest BCUT2D eigenvalue weighted by atomic mass is 35.5. The molecular weight excluding hydrogens is 290 g/mol. The van der Waals surface area contributed by atoms with Crippen LogP contribution >= 0.6 is 22.9 Å². The summed E-state index contributed by atoms with van der Waals surface area (Å²) in [5, 5.41) is 4.69. The lowest BCUT2D eigenvalue weighted by molar-refractivity contribution is 1.09. The Hall–Kier alpha value is -1.65. The van der Waals surface area contributed by atoms with E-state index in [1.165, 1.54) is 16.0 Å². The minimum atomic E-state index is 0.284. The van der Waals surface area contributed by atoms with Gasteiger partial charge in [-0.1, -0.05) is 24.3 Å². The van der Waals surface area contributed by atoms with E-state index >= 15 is 0 Å². The fourth-order valence-corrected chi connectivity index (χ4v) is 3.24. The molecule has 0 atom stereocenters. The Balaban J connectivity index is 1.93. The number of fused-ring (bicyclic) bond motifs is 1. The molecule has 0 bridgehead atoms. The number of aromatic nitrogens is 2. The van der Waals surface area contributed by atoms with Crippen LogP contribution in [0.2, 0.25) is 5.28 Å². The van der Waals surface area contributed by atoms with Gasteiger partial charge in [-0.15, -0.1) is 11.3 Å². The van der Waals surface area contributed by atoms with E-state index in [2.05, 4.69) is 47.3 Å². The van der Waals surface area contributed by atoms with Gasteiger partial charge in [-0.25, -0.2) is 9.97 Å². The Morgan fingerprint density at radius 3 is 2.80 bits per heavy atom. The fraction of sp³-hybridized carbons (Fsp3) is 0.200. The maximum absolute atomic E-state index is 5.99. The van der Waals surface area contributed by atoms with Gasteiger partial charge in [-0.3, -0.25) is 0 Å². The Bertz CT molecular complexity index is 767. The third-order valence-corrected chi connectivity index (χ3v) is 4.31. The number of thiophene rings is 1. The summed E-state index contributed by atoms with van der Waals surface area (Å²) in [6, 6.07) is 10.4. The molecule has 0 aliphatic rings. The van der Waals surface area contributed by atoms with Crippen LogP contribution in [0.25, 0.3) is 10.2 Å². The molecular formula is C15H14ClN3S. The summed E-state index contributed by atoms with van der Waals surface area (Å²) in [5.41, 5.74) is 2.51. The van der Waals surface area contributed by atoms with Crippen LogP contribution in [-0.2, 0) is 6.54 Å². The first-order valence-corrected chi connectivity index (χ1v) is 7.55. The van der Waals surface area contributed by atoms with Crippen LogP contribution < -0.4 is 5.32 Å². The van der Waals surface area contributed by atoms with E-state index in [0.717, 1.165) is 22.6 Å². The normalized spacial score (nSPS) is 10.9. The van der Waals surface area contributed by atoms with Crippen LogP contribution in [0.15, 0.2) is 30.3 Å². The lowest BCUT2D eigenvalue weighted by Crippen LogP contribution is -2.03. The first kappa shape index (κ1) is 13.3. The number of nitrogens with one attached hydrogen (secondary N) is 1. The number of aryl methyl sites for hydroxylation is 2. The molecule has 3 nitrogen and oxygen atoms in total. The van der Waals surface area contributed by atoms with Crippen molar-refractivity contribution < 1.29 is 0 Å². The van der Waals surface area contributed by atoms with Gasteiger partial charge >= 0.3 is 0 Å². The van der Waals surface area contributed by atoms with Gasteiger partial charge in [0.05, 0.1) is 5.39 Å². The molecule has 2 aromatic heterocycles. The largest absolute Gasteiger partial charge is 0.365 e. The Morgan fingerprint density at radius 1 is 1.20 bits per heavy atom. The number of nitrogens with zero attached hydrogens (tertiary/aromatic N) is 2. The predicted octanol–water partition coefficient (Wildman–Crippen LogP) is 4.57. The van der Waals surface area contributed by atoms with Crippen molar-refractivity contribution in [2.75, 3.05) is 5.32 Å². The van der Waals surface area contributed by atoms with Crippen LogP contribution in [0.4, 0.5) is 5.82 Å². The Morgan fingerprint density at radius 2 is 2.00 bits per heavy atom. The van der Waals surface area contributed by atoms with E-state index in [0.29, 0.717) is 0 Å². The van der Waals surface area contributed by atoms with Crippen molar-refractivity contribution in [3.8, 4) is 0 Å². The molecule has 0 fully saturated rings. The summed E-state index contributed by atoms with van der Waals surface area (Å²) in [4.78, 5) is 10.7. The fourth-order valence-electron chi connectivity index (χ4n) is 2.14. The van der Waals surface area contributed by atoms with Crippen molar-refractivity contribution in [3.05, 3.63) is 51.6 Å². The zero-order valence-corrected chi connectivity index (χ0v) is 12.8. The van der Waals surface area contributed by atoms with Crippen LogP contribution in [-0.4, -0.2) is 9.97 Å². The summed E-state index contributed by atoms with van der Waals surface area (Å²) >= 11 is 7.62. The lowest BCUT2D eigenvalue weighted by Gasteiger charge is -2.09. The summed E-state index contributed by atoms with van der Waals surface area (Å²) in [6.45, 7) is 4.89. The molecule has 0 unspecified atom stereocenters. The molecule has 0 aliphatic heterocycles. The maximum atomic E-state index is 5.99. The molecule has 5 heteroatoms. The molecule has 0 saturated carbocycles. The molecule has 3 rings (SSSR count). The zero-order chi connectivity index (χ0) is 14.1. The lowest BCUT2D eigenvalue weighted by atomic mass is 10.1. The number of hydrogen-bond donors (Lipinski definition) is 1. The second-order valence-corrected chi connectivity index (χ2v) is 6.27. The number of rotatable bonds is 3. The van der Waals surface area contributed by atoms with Gasteiger partial charge in [0.15, 0.2) is 0 Å². The van der Waals surface area contributed by atoms with E-state index < -0.39 is 0 Å². The molecule has 20 heavy (non-hydrogen) atoms. The monoisotopic (exact) mass is 303 g/mol. The van der Waals surface area contributed by atoms with Gasteiger partial charge < -0.3 is 5.32 Å². The van der Waals surface area contributed by atoms with Crippen LogP contribution in [0, 0.1) is 13.8 Å². The van der Waals surface area contributed by atoms with Crippen molar-refractivity contribution >= 4 is 39.0 Å². The molecule has 1 aromatic carbocycles. The van der Waals surface area contributed by atoms with Crippen molar-refractivity contribution in [1.82, 2.24) is 9.97 Å². The third-order valence-electron chi connectivity index (χ3n) is 3.20. The standard InChI is InChI=1S/C15H14ClN3S/c1-9-5-3-4-6-11(9)8-17-13-12-7-10(2)20-14(12)19-15(16)18-13/h3-7H,8H2,1-2H3,(H,17,18,19). The molecule has 0 radical (unpaired) electrons. The van der Waals surface area contributed by atoms with Gasteiger partial charge in [0, 0.05) is 11.4 Å². The molecule has 2 heterocycles. The number of halogens is 1. The van der Waals surface area contributed by atoms with E-state index in [1.807, 2.05) is 12.1 Å².